The third-order valence-electron chi connectivity index (χ3n) is 5.92. The zero-order chi connectivity index (χ0) is 22.7. The van der Waals surface area contributed by atoms with Crippen molar-refractivity contribution in [2.45, 2.75) is 6.42 Å². The first kappa shape index (κ1) is 22.0. The second kappa shape index (κ2) is 9.52. The molecule has 0 atom stereocenters. The molecule has 9 heteroatoms. The van der Waals surface area contributed by atoms with Crippen LogP contribution in [0.15, 0.2) is 36.4 Å². The van der Waals surface area contributed by atoms with Crippen LogP contribution in [0, 0.1) is 11.6 Å². The van der Waals surface area contributed by atoms with E-state index in [4.69, 9.17) is 5.73 Å². The van der Waals surface area contributed by atoms with E-state index in [9.17, 15) is 18.4 Å². The summed E-state index contributed by atoms with van der Waals surface area (Å²) >= 11 is 0. The summed E-state index contributed by atoms with van der Waals surface area (Å²) in [6.07, 6.45) is 0.921. The van der Waals surface area contributed by atoms with Gasteiger partial charge in [0.05, 0.1) is 11.4 Å². The highest BCUT2D eigenvalue weighted by molar-refractivity contribution is 5.96. The van der Waals surface area contributed by atoms with Crippen LogP contribution in [-0.2, 0) is 0 Å². The Balaban J connectivity index is 1.40. The lowest BCUT2D eigenvalue weighted by atomic mass is 10.1. The van der Waals surface area contributed by atoms with Gasteiger partial charge in [-0.25, -0.2) is 8.78 Å². The Kier molecular flexibility index (Phi) is 6.55. The van der Waals surface area contributed by atoms with E-state index in [1.54, 1.807) is 17.0 Å². The number of halogens is 2. The van der Waals surface area contributed by atoms with Crippen molar-refractivity contribution in [1.82, 2.24) is 15.1 Å². The molecule has 0 unspecified atom stereocenters. The topological polar surface area (TPSA) is 81.9 Å². The molecule has 0 spiro atoms. The van der Waals surface area contributed by atoms with Gasteiger partial charge < -0.3 is 25.8 Å². The van der Waals surface area contributed by atoms with Crippen LogP contribution in [0.4, 0.5) is 20.2 Å². The number of piperazine rings is 1. The number of nitrogens with zero attached hydrogens (tertiary/aromatic N) is 3. The lowest BCUT2D eigenvalue weighted by Gasteiger charge is -2.36. The van der Waals surface area contributed by atoms with Gasteiger partial charge in [-0.05, 0) is 43.3 Å². The Morgan fingerprint density at radius 1 is 0.781 bits per heavy atom. The van der Waals surface area contributed by atoms with Crippen LogP contribution in [0.3, 0.4) is 0 Å². The van der Waals surface area contributed by atoms with E-state index in [1.165, 1.54) is 0 Å². The Morgan fingerprint density at radius 2 is 1.44 bits per heavy atom. The first-order valence-electron chi connectivity index (χ1n) is 10.8. The molecule has 2 fully saturated rings. The van der Waals surface area contributed by atoms with Crippen LogP contribution < -0.4 is 16.0 Å². The smallest absolute Gasteiger partial charge is 0.254 e. The molecule has 2 aromatic carbocycles. The van der Waals surface area contributed by atoms with Crippen molar-refractivity contribution in [1.29, 1.82) is 0 Å². The maximum atomic E-state index is 13.4. The summed E-state index contributed by atoms with van der Waals surface area (Å²) in [5, 5.41) is 3.28. The summed E-state index contributed by atoms with van der Waals surface area (Å²) in [7, 11) is 0. The van der Waals surface area contributed by atoms with Gasteiger partial charge in [-0.3, -0.25) is 9.59 Å². The minimum atomic E-state index is -0.772. The zero-order valence-corrected chi connectivity index (χ0v) is 17.8. The van der Waals surface area contributed by atoms with Gasteiger partial charge in [-0.1, -0.05) is 0 Å². The lowest BCUT2D eigenvalue weighted by Crippen LogP contribution is -2.49. The number of nitrogen functional groups attached to an aromatic ring is 1. The molecule has 4 rings (SSSR count). The number of hydrogen-bond acceptors (Lipinski definition) is 5. The van der Waals surface area contributed by atoms with Crippen LogP contribution in [0.25, 0.3) is 0 Å². The number of rotatable bonds is 3. The van der Waals surface area contributed by atoms with Gasteiger partial charge in [0.2, 0.25) is 0 Å². The molecular weight excluding hydrogens is 416 g/mol. The van der Waals surface area contributed by atoms with Crippen molar-refractivity contribution in [3.8, 4) is 0 Å². The van der Waals surface area contributed by atoms with Gasteiger partial charge in [-0.15, -0.1) is 0 Å². The second-order valence-corrected chi connectivity index (χ2v) is 8.11. The fourth-order valence-corrected chi connectivity index (χ4v) is 4.22. The lowest BCUT2D eigenvalue weighted by molar-refractivity contribution is 0.0743. The average Bonchev–Trinajstić information content (AvgIpc) is 3.07. The molecule has 3 N–H and O–H groups in total. The maximum Gasteiger partial charge on any atom is 0.254 e. The predicted octanol–water partition coefficient (Wildman–Crippen LogP) is 1.94. The average molecular weight is 443 g/mol. The Morgan fingerprint density at radius 3 is 2.12 bits per heavy atom. The zero-order valence-electron chi connectivity index (χ0n) is 17.8. The molecule has 2 heterocycles. The molecule has 2 saturated heterocycles. The summed E-state index contributed by atoms with van der Waals surface area (Å²) < 4.78 is 26.9. The molecule has 0 aromatic heterocycles. The highest BCUT2D eigenvalue weighted by Crippen LogP contribution is 2.26. The molecule has 7 nitrogen and oxygen atoms in total. The third-order valence-corrected chi connectivity index (χ3v) is 5.92. The van der Waals surface area contributed by atoms with E-state index < -0.39 is 17.5 Å². The highest BCUT2D eigenvalue weighted by atomic mass is 19.1. The fourth-order valence-electron chi connectivity index (χ4n) is 4.22. The second-order valence-electron chi connectivity index (χ2n) is 8.11. The van der Waals surface area contributed by atoms with Crippen LogP contribution in [0.1, 0.15) is 27.1 Å². The van der Waals surface area contributed by atoms with Crippen LogP contribution in [0.2, 0.25) is 0 Å². The first-order valence-corrected chi connectivity index (χ1v) is 10.8. The number of carbonyl (C=O) groups excluding carboxylic acids is 2. The standard InChI is InChI=1S/C23H27F2N5O2/c24-18-12-17(13-19(25)15-18)23(32)30-10-8-28(9-11-30)21-3-2-16(14-20(21)26)22(31)29-6-1-4-27-5-7-29/h2-3,12-15,27H,1,4-11,26H2. The molecule has 2 aliphatic rings. The third kappa shape index (κ3) is 4.83. The van der Waals surface area contributed by atoms with Gasteiger partial charge in [0, 0.05) is 63.0 Å². The summed E-state index contributed by atoms with van der Waals surface area (Å²) in [6, 6.07) is 8.19. The Bertz CT molecular complexity index is 980. The van der Waals surface area contributed by atoms with E-state index in [1.807, 2.05) is 11.0 Å². The van der Waals surface area contributed by atoms with Crippen molar-refractivity contribution < 1.29 is 18.4 Å². The van der Waals surface area contributed by atoms with Gasteiger partial charge >= 0.3 is 0 Å². The van der Waals surface area contributed by atoms with Gasteiger partial charge in [-0.2, -0.15) is 0 Å². The maximum absolute atomic E-state index is 13.4. The van der Waals surface area contributed by atoms with E-state index in [2.05, 4.69) is 10.2 Å². The molecule has 2 aromatic rings. The minimum Gasteiger partial charge on any atom is -0.397 e. The monoisotopic (exact) mass is 443 g/mol. The normalized spacial score (nSPS) is 17.2. The molecule has 2 amide bonds. The Labute approximate surface area is 185 Å². The highest BCUT2D eigenvalue weighted by Gasteiger charge is 2.25. The molecule has 0 saturated carbocycles. The van der Waals surface area contributed by atoms with Crippen molar-refractivity contribution in [2.24, 2.45) is 0 Å². The van der Waals surface area contributed by atoms with Crippen molar-refractivity contribution in [2.75, 3.05) is 63.0 Å². The SMILES string of the molecule is Nc1cc(C(=O)N2CCCNCC2)ccc1N1CCN(C(=O)c2cc(F)cc(F)c2)CC1. The summed E-state index contributed by atoms with van der Waals surface area (Å²) in [4.78, 5) is 30.9. The van der Waals surface area contributed by atoms with Gasteiger partial charge in [0.1, 0.15) is 11.6 Å². The molecule has 0 bridgehead atoms. The summed E-state index contributed by atoms with van der Waals surface area (Å²) in [5.41, 5.74) is 8.17. The fraction of sp³-hybridized carbons (Fsp3) is 0.391. The number of carbonyl (C=O) groups is 2. The number of amides is 2. The van der Waals surface area contributed by atoms with Crippen molar-refractivity contribution in [3.05, 3.63) is 59.2 Å². The summed E-state index contributed by atoms with van der Waals surface area (Å²) in [5.74, 6) is -1.97. The van der Waals surface area contributed by atoms with Gasteiger partial charge in [0.15, 0.2) is 0 Å². The van der Waals surface area contributed by atoms with Gasteiger partial charge in [0.25, 0.3) is 11.8 Å². The van der Waals surface area contributed by atoms with Crippen LogP contribution in [0.5, 0.6) is 0 Å². The number of benzene rings is 2. The number of nitrogens with two attached hydrogens (primary N) is 1. The van der Waals surface area contributed by atoms with E-state index in [0.29, 0.717) is 44.0 Å². The summed E-state index contributed by atoms with van der Waals surface area (Å²) in [6.45, 7) is 4.94. The number of nitrogens with one attached hydrogen (secondary N) is 1. The molecule has 32 heavy (non-hydrogen) atoms. The Hall–Kier alpha value is -3.20. The number of anilines is 2. The van der Waals surface area contributed by atoms with E-state index >= 15 is 0 Å². The predicted molar refractivity (Wildman–Crippen MR) is 119 cm³/mol. The first-order chi connectivity index (χ1) is 15.4. The largest absolute Gasteiger partial charge is 0.397 e. The molecular formula is C23H27F2N5O2. The minimum absolute atomic E-state index is 0.00189. The van der Waals surface area contributed by atoms with Crippen LogP contribution in [-0.4, -0.2) is 74.0 Å². The van der Waals surface area contributed by atoms with Crippen molar-refractivity contribution >= 4 is 23.2 Å². The molecule has 0 aliphatic carbocycles. The molecule has 0 radical (unpaired) electrons. The molecule has 2 aliphatic heterocycles. The molecule has 170 valence electrons. The van der Waals surface area contributed by atoms with Crippen molar-refractivity contribution in [3.63, 3.8) is 0 Å². The quantitative estimate of drug-likeness (QED) is 0.709. The van der Waals surface area contributed by atoms with E-state index in [0.717, 1.165) is 49.9 Å². The number of hydrogen-bond donors (Lipinski definition) is 2. The van der Waals surface area contributed by atoms with Crippen LogP contribution >= 0.6 is 0 Å². The van der Waals surface area contributed by atoms with E-state index in [-0.39, 0.29) is 11.5 Å².